The van der Waals surface area contributed by atoms with E-state index < -0.39 is 5.41 Å². The molecule has 1 atom stereocenters. The molecule has 2 heteroatoms. The molecule has 0 unspecified atom stereocenters. The quantitative estimate of drug-likeness (QED) is 0.615. The Kier molecular flexibility index (Phi) is 2.59. The van der Waals surface area contributed by atoms with Crippen LogP contribution in [0.25, 0.3) is 0 Å². The first-order chi connectivity index (χ1) is 7.19. The van der Waals surface area contributed by atoms with E-state index in [1.165, 1.54) is 0 Å². The maximum atomic E-state index is 12.0. The summed E-state index contributed by atoms with van der Waals surface area (Å²) in [6.45, 7) is 1.94. The number of hydrogen-bond acceptors (Lipinski definition) is 2. The fourth-order valence-electron chi connectivity index (χ4n) is 2.72. The molecule has 0 aromatic carbocycles. The monoisotopic (exact) mass is 204 g/mol. The molecule has 0 spiro atoms. The smallest absolute Gasteiger partial charge is 0.155 e. The summed E-state index contributed by atoms with van der Waals surface area (Å²) in [6, 6.07) is 0. The van der Waals surface area contributed by atoms with Gasteiger partial charge in [-0.25, -0.2) is 0 Å². The van der Waals surface area contributed by atoms with Crippen molar-refractivity contribution in [2.45, 2.75) is 39.0 Å². The maximum Gasteiger partial charge on any atom is 0.155 e. The molecule has 15 heavy (non-hydrogen) atoms. The van der Waals surface area contributed by atoms with Crippen molar-refractivity contribution in [3.05, 3.63) is 23.8 Å². The number of Topliss-reactive ketones (excluding diaryl/α,β-unsaturated/α-hetero) is 1. The highest BCUT2D eigenvalue weighted by atomic mass is 16.1. The maximum absolute atomic E-state index is 12.0. The van der Waals surface area contributed by atoms with Gasteiger partial charge in [-0.2, -0.15) is 0 Å². The van der Waals surface area contributed by atoms with E-state index in [0.29, 0.717) is 25.0 Å². The molecule has 0 heterocycles. The highest BCUT2D eigenvalue weighted by Gasteiger charge is 2.43. The summed E-state index contributed by atoms with van der Waals surface area (Å²) in [5, 5.41) is 0. The van der Waals surface area contributed by atoms with Crippen LogP contribution in [0.15, 0.2) is 23.8 Å². The zero-order chi connectivity index (χ0) is 10.9. The average molecular weight is 204 g/mol. The van der Waals surface area contributed by atoms with Crippen LogP contribution >= 0.6 is 0 Å². The SMILES string of the molecule is C/C=C/[C@]12CCC(=O)C=C1CCCC2=O. The lowest BCUT2D eigenvalue weighted by Crippen LogP contribution is -2.37. The summed E-state index contributed by atoms with van der Waals surface area (Å²) in [6.07, 6.45) is 9.30. The molecule has 2 nitrogen and oxygen atoms in total. The van der Waals surface area contributed by atoms with Crippen LogP contribution in [0.5, 0.6) is 0 Å². The number of rotatable bonds is 1. The van der Waals surface area contributed by atoms with Crippen LogP contribution in [0.1, 0.15) is 39.0 Å². The van der Waals surface area contributed by atoms with E-state index in [9.17, 15) is 9.59 Å². The van der Waals surface area contributed by atoms with Crippen LogP contribution < -0.4 is 0 Å². The van der Waals surface area contributed by atoms with Crippen molar-refractivity contribution >= 4 is 11.6 Å². The predicted molar refractivity (Wildman–Crippen MR) is 58.4 cm³/mol. The molecule has 2 rings (SSSR count). The van der Waals surface area contributed by atoms with Crippen molar-refractivity contribution in [1.82, 2.24) is 0 Å². The molecular formula is C13H16O2. The Bertz CT molecular complexity index is 363. The molecule has 2 aliphatic carbocycles. The Morgan fingerprint density at radius 2 is 2.07 bits per heavy atom. The van der Waals surface area contributed by atoms with Gasteiger partial charge >= 0.3 is 0 Å². The highest BCUT2D eigenvalue weighted by molar-refractivity contribution is 5.99. The standard InChI is InChI=1S/C13H16O2/c1-2-7-13-8-6-11(14)9-10(13)4-3-5-12(13)15/h2,7,9H,3-6,8H2,1H3/b7-2+/t13-/m0/s1. The average Bonchev–Trinajstić information content (AvgIpc) is 2.21. The summed E-state index contributed by atoms with van der Waals surface area (Å²) < 4.78 is 0. The fourth-order valence-corrected chi connectivity index (χ4v) is 2.72. The van der Waals surface area contributed by atoms with Crippen LogP contribution in [0.2, 0.25) is 0 Å². The van der Waals surface area contributed by atoms with Gasteiger partial charge < -0.3 is 0 Å². The molecule has 0 amide bonds. The van der Waals surface area contributed by atoms with Crippen molar-refractivity contribution in [1.29, 1.82) is 0 Å². The molecular weight excluding hydrogens is 188 g/mol. The van der Waals surface area contributed by atoms with Gasteiger partial charge in [-0.15, -0.1) is 0 Å². The summed E-state index contributed by atoms with van der Waals surface area (Å²) in [5.74, 6) is 0.477. The largest absolute Gasteiger partial charge is 0.298 e. The molecule has 0 aromatic heterocycles. The molecule has 0 radical (unpaired) electrons. The lowest BCUT2D eigenvalue weighted by Gasteiger charge is -2.38. The van der Waals surface area contributed by atoms with Gasteiger partial charge in [-0.1, -0.05) is 12.2 Å². The Morgan fingerprint density at radius 3 is 2.80 bits per heavy atom. The topological polar surface area (TPSA) is 34.1 Å². The number of carbonyl (C=O) groups excluding carboxylic acids is 2. The van der Waals surface area contributed by atoms with Crippen LogP contribution in [-0.2, 0) is 9.59 Å². The summed E-state index contributed by atoms with van der Waals surface area (Å²) in [5.41, 5.74) is 0.633. The molecule has 0 saturated heterocycles. The zero-order valence-electron chi connectivity index (χ0n) is 9.08. The van der Waals surface area contributed by atoms with E-state index in [-0.39, 0.29) is 5.78 Å². The minimum Gasteiger partial charge on any atom is -0.298 e. The third-order valence-electron chi connectivity index (χ3n) is 3.47. The summed E-state index contributed by atoms with van der Waals surface area (Å²) >= 11 is 0. The van der Waals surface area contributed by atoms with E-state index in [2.05, 4.69) is 0 Å². The Morgan fingerprint density at radius 1 is 1.27 bits per heavy atom. The Balaban J connectivity index is 2.47. The van der Waals surface area contributed by atoms with E-state index in [4.69, 9.17) is 0 Å². The van der Waals surface area contributed by atoms with E-state index in [1.807, 2.05) is 19.1 Å². The van der Waals surface area contributed by atoms with Crippen molar-refractivity contribution < 1.29 is 9.59 Å². The summed E-state index contributed by atoms with van der Waals surface area (Å²) in [4.78, 5) is 23.4. The van der Waals surface area contributed by atoms with Crippen molar-refractivity contribution in [3.63, 3.8) is 0 Å². The lowest BCUT2D eigenvalue weighted by atomic mass is 9.64. The highest BCUT2D eigenvalue weighted by Crippen LogP contribution is 2.45. The third kappa shape index (κ3) is 1.58. The van der Waals surface area contributed by atoms with Gasteiger partial charge in [-0.05, 0) is 37.8 Å². The Labute approximate surface area is 90.1 Å². The van der Waals surface area contributed by atoms with Crippen LogP contribution in [-0.4, -0.2) is 11.6 Å². The normalized spacial score (nSPS) is 31.7. The number of fused-ring (bicyclic) bond motifs is 1. The zero-order valence-corrected chi connectivity index (χ0v) is 9.08. The Hall–Kier alpha value is -1.18. The second-order valence-corrected chi connectivity index (χ2v) is 4.38. The first kappa shape index (κ1) is 10.3. The van der Waals surface area contributed by atoms with Gasteiger partial charge in [0, 0.05) is 12.8 Å². The van der Waals surface area contributed by atoms with Gasteiger partial charge in [0.2, 0.25) is 0 Å². The second kappa shape index (κ2) is 3.76. The number of ketones is 2. The van der Waals surface area contributed by atoms with Gasteiger partial charge in [0.1, 0.15) is 5.78 Å². The molecule has 0 aromatic rings. The third-order valence-corrected chi connectivity index (χ3v) is 3.47. The van der Waals surface area contributed by atoms with Gasteiger partial charge in [0.05, 0.1) is 5.41 Å². The van der Waals surface area contributed by atoms with Crippen LogP contribution in [0.4, 0.5) is 0 Å². The van der Waals surface area contributed by atoms with E-state index >= 15 is 0 Å². The van der Waals surface area contributed by atoms with E-state index in [0.717, 1.165) is 18.4 Å². The predicted octanol–water partition coefficient (Wildman–Crippen LogP) is 2.59. The number of hydrogen-bond donors (Lipinski definition) is 0. The molecule has 80 valence electrons. The first-order valence-electron chi connectivity index (χ1n) is 5.60. The molecule has 1 fully saturated rings. The van der Waals surface area contributed by atoms with Gasteiger partial charge in [0.15, 0.2) is 5.78 Å². The van der Waals surface area contributed by atoms with Crippen molar-refractivity contribution in [2.75, 3.05) is 0 Å². The minimum atomic E-state index is -0.416. The number of carbonyl (C=O) groups is 2. The lowest BCUT2D eigenvalue weighted by molar-refractivity contribution is -0.127. The fraction of sp³-hybridized carbons (Fsp3) is 0.538. The molecule has 0 bridgehead atoms. The van der Waals surface area contributed by atoms with Crippen LogP contribution in [0.3, 0.4) is 0 Å². The van der Waals surface area contributed by atoms with Crippen molar-refractivity contribution in [3.8, 4) is 0 Å². The van der Waals surface area contributed by atoms with Crippen LogP contribution in [0, 0.1) is 5.41 Å². The number of allylic oxidation sites excluding steroid dienone is 4. The van der Waals surface area contributed by atoms with Gasteiger partial charge in [0.25, 0.3) is 0 Å². The van der Waals surface area contributed by atoms with E-state index in [1.54, 1.807) is 6.08 Å². The second-order valence-electron chi connectivity index (χ2n) is 4.38. The first-order valence-corrected chi connectivity index (χ1v) is 5.60. The minimum absolute atomic E-state index is 0.180. The molecule has 2 aliphatic rings. The molecule has 0 N–H and O–H groups in total. The molecule has 0 aliphatic heterocycles. The van der Waals surface area contributed by atoms with Gasteiger partial charge in [-0.3, -0.25) is 9.59 Å². The summed E-state index contributed by atoms with van der Waals surface area (Å²) in [7, 11) is 0. The van der Waals surface area contributed by atoms with Crippen molar-refractivity contribution in [2.24, 2.45) is 5.41 Å². The molecule has 1 saturated carbocycles.